The predicted molar refractivity (Wildman–Crippen MR) is 88.4 cm³/mol. The third kappa shape index (κ3) is 2.83. The van der Waals surface area contributed by atoms with Gasteiger partial charge in [0.25, 0.3) is 0 Å². The second kappa shape index (κ2) is 5.73. The predicted octanol–water partition coefficient (Wildman–Crippen LogP) is 3.54. The highest BCUT2D eigenvalue weighted by Gasteiger charge is 2.55. The van der Waals surface area contributed by atoms with E-state index in [0.717, 1.165) is 42.6 Å². The van der Waals surface area contributed by atoms with Gasteiger partial charge in [-0.05, 0) is 79.4 Å². The maximum absolute atomic E-state index is 13.3. The molecule has 0 saturated heterocycles. The number of benzene rings is 1. The van der Waals surface area contributed by atoms with Gasteiger partial charge in [0.2, 0.25) is 0 Å². The summed E-state index contributed by atoms with van der Waals surface area (Å²) in [4.78, 5) is 11.4. The fraction of sp³-hybridized carbons (Fsp3) is 0.611. The Morgan fingerprint density at radius 1 is 1.04 bits per heavy atom. The molecule has 26 heavy (non-hydrogen) atoms. The van der Waals surface area contributed by atoms with Crippen LogP contribution in [0.15, 0.2) is 24.3 Å². The molecule has 4 bridgehead atoms. The molecule has 8 heteroatoms. The lowest BCUT2D eigenvalue weighted by molar-refractivity contribution is -0.151. The van der Waals surface area contributed by atoms with E-state index >= 15 is 0 Å². The van der Waals surface area contributed by atoms with Crippen LogP contribution in [0.25, 0.3) is 0 Å². The van der Waals surface area contributed by atoms with Crippen molar-refractivity contribution in [2.45, 2.75) is 49.2 Å². The summed E-state index contributed by atoms with van der Waals surface area (Å²) in [7, 11) is -5.87. The van der Waals surface area contributed by atoms with Crippen molar-refractivity contribution in [1.29, 1.82) is 0 Å². The number of hydrogen-bond acceptors (Lipinski definition) is 4. The van der Waals surface area contributed by atoms with Gasteiger partial charge in [-0.2, -0.15) is 17.2 Å². The van der Waals surface area contributed by atoms with E-state index in [0.29, 0.717) is 0 Å². The zero-order valence-corrected chi connectivity index (χ0v) is 14.8. The van der Waals surface area contributed by atoms with Crippen molar-refractivity contribution in [2.75, 3.05) is 0 Å². The Balaban J connectivity index is 1.52. The molecule has 0 amide bonds. The highest BCUT2D eigenvalue weighted by Crippen LogP contribution is 2.60. The summed E-state index contributed by atoms with van der Waals surface area (Å²) in [5.41, 5.74) is 1.24. The average Bonchev–Trinajstić information content (AvgIpc) is 2.53. The van der Waals surface area contributed by atoms with E-state index in [1.165, 1.54) is 31.4 Å². The van der Waals surface area contributed by atoms with Crippen LogP contribution in [0.5, 0.6) is 5.75 Å². The number of carbonyl (C=O) groups is 1. The van der Waals surface area contributed by atoms with E-state index in [1.54, 1.807) is 12.1 Å². The van der Waals surface area contributed by atoms with Crippen LogP contribution in [0.2, 0.25) is 0 Å². The van der Waals surface area contributed by atoms with Gasteiger partial charge in [-0.25, -0.2) is 4.79 Å². The van der Waals surface area contributed by atoms with Crippen molar-refractivity contribution in [3.05, 3.63) is 29.8 Å². The molecule has 0 radical (unpaired) electrons. The van der Waals surface area contributed by atoms with Crippen LogP contribution < -0.4 is 4.74 Å². The molecule has 1 aromatic carbocycles. The van der Waals surface area contributed by atoms with Gasteiger partial charge in [0, 0.05) is 0 Å². The molecule has 142 valence electrons. The molecule has 0 aromatic heterocycles. The highest BCUT2D eigenvalue weighted by atomic mass is 32.2. The van der Waals surface area contributed by atoms with E-state index in [4.69, 9.17) is 4.55 Å². The summed E-state index contributed by atoms with van der Waals surface area (Å²) in [6.45, 7) is 0. The van der Waals surface area contributed by atoms with Crippen molar-refractivity contribution < 1.29 is 31.3 Å². The Morgan fingerprint density at radius 3 is 1.92 bits per heavy atom. The van der Waals surface area contributed by atoms with Gasteiger partial charge in [-0.3, -0.25) is 4.55 Å². The fourth-order valence-electron chi connectivity index (χ4n) is 5.61. The molecule has 0 spiro atoms. The normalized spacial score (nSPS) is 33.3. The monoisotopic (exact) mass is 386 g/mol. The van der Waals surface area contributed by atoms with Crippen LogP contribution in [-0.4, -0.2) is 24.2 Å². The lowest BCUT2D eigenvalue weighted by Gasteiger charge is -2.57. The minimum Gasteiger partial charge on any atom is -0.421 e. The molecule has 4 saturated carbocycles. The molecule has 5 rings (SSSR count). The molecule has 0 aliphatic heterocycles. The topological polar surface area (TPSA) is 80.7 Å². The van der Waals surface area contributed by atoms with Crippen LogP contribution in [0.3, 0.4) is 0 Å². The molecule has 0 heterocycles. The van der Waals surface area contributed by atoms with Gasteiger partial charge in [0.1, 0.15) is 5.75 Å². The van der Waals surface area contributed by atoms with Gasteiger partial charge in [-0.1, -0.05) is 12.1 Å². The van der Waals surface area contributed by atoms with Crippen molar-refractivity contribution >= 4 is 16.1 Å². The Labute approximate surface area is 150 Å². The van der Waals surface area contributed by atoms with Gasteiger partial charge in [0.05, 0.1) is 0 Å². The number of carbonyl (C=O) groups excluding carboxylic acids is 1. The third-order valence-electron chi connectivity index (χ3n) is 6.28. The SMILES string of the molecule is O=C(Oc1ccc(C23CC4CC(CC(C4)C2)C3)cc1)C(F)(F)S(=O)(=O)O. The van der Waals surface area contributed by atoms with Crippen LogP contribution in [0.4, 0.5) is 8.78 Å². The number of esters is 1. The summed E-state index contributed by atoms with van der Waals surface area (Å²) in [6, 6.07) is 6.38. The maximum atomic E-state index is 13.3. The summed E-state index contributed by atoms with van der Waals surface area (Å²) in [6.07, 6.45) is 7.33. The van der Waals surface area contributed by atoms with Crippen molar-refractivity contribution in [3.8, 4) is 5.75 Å². The quantitative estimate of drug-likeness (QED) is 0.486. The Kier molecular flexibility index (Phi) is 3.93. The fourth-order valence-corrected chi connectivity index (χ4v) is 5.86. The molecule has 4 aliphatic rings. The number of rotatable bonds is 4. The van der Waals surface area contributed by atoms with Crippen LogP contribution in [0.1, 0.15) is 44.1 Å². The Hall–Kier alpha value is -1.54. The standard InChI is InChI=1S/C18H20F2O5S/c19-18(20,26(22,23)24)16(21)25-15-3-1-14(2-4-15)17-8-11-5-12(9-17)7-13(6-11)10-17/h1-4,11-13H,5-10H2,(H,22,23,24). The summed E-state index contributed by atoms with van der Waals surface area (Å²) in [5.74, 6) is -0.221. The number of ether oxygens (including phenoxy) is 1. The van der Waals surface area contributed by atoms with Gasteiger partial charge in [-0.15, -0.1) is 0 Å². The van der Waals surface area contributed by atoms with E-state index in [-0.39, 0.29) is 11.2 Å². The number of halogens is 2. The minimum absolute atomic E-state index is 0.121. The largest absolute Gasteiger partial charge is 0.466 e. The summed E-state index contributed by atoms with van der Waals surface area (Å²) in [5, 5.41) is -4.99. The van der Waals surface area contributed by atoms with Gasteiger partial charge in [0.15, 0.2) is 0 Å². The lowest BCUT2D eigenvalue weighted by atomic mass is 9.48. The second-order valence-corrected chi connectivity index (χ2v) is 9.57. The molecule has 0 unspecified atom stereocenters. The van der Waals surface area contributed by atoms with E-state index in [9.17, 15) is 22.0 Å². The second-order valence-electron chi connectivity index (χ2n) is 8.10. The van der Waals surface area contributed by atoms with Crippen LogP contribution >= 0.6 is 0 Å². The third-order valence-corrected chi connectivity index (χ3v) is 7.09. The molecule has 5 nitrogen and oxygen atoms in total. The van der Waals surface area contributed by atoms with Gasteiger partial charge < -0.3 is 4.74 Å². The first-order valence-electron chi connectivity index (χ1n) is 8.77. The molecule has 1 N–H and O–H groups in total. The maximum Gasteiger partial charge on any atom is 0.466 e. The number of hydrogen-bond donors (Lipinski definition) is 1. The zero-order chi connectivity index (χ0) is 18.7. The summed E-state index contributed by atoms with van der Waals surface area (Å²) >= 11 is 0. The van der Waals surface area contributed by atoms with E-state index in [1.807, 2.05) is 0 Å². The molecule has 4 aliphatic carbocycles. The first kappa shape index (κ1) is 17.9. The van der Waals surface area contributed by atoms with E-state index < -0.39 is 21.3 Å². The Morgan fingerprint density at radius 2 is 1.50 bits per heavy atom. The molecule has 1 aromatic rings. The van der Waals surface area contributed by atoms with Crippen LogP contribution in [0, 0.1) is 17.8 Å². The summed E-state index contributed by atoms with van der Waals surface area (Å²) < 4.78 is 60.7. The zero-order valence-electron chi connectivity index (χ0n) is 14.0. The molecule has 0 atom stereocenters. The van der Waals surface area contributed by atoms with Crippen molar-refractivity contribution in [2.24, 2.45) is 17.8 Å². The minimum atomic E-state index is -5.87. The lowest BCUT2D eigenvalue weighted by Crippen LogP contribution is -2.48. The number of alkyl halides is 2. The van der Waals surface area contributed by atoms with E-state index in [2.05, 4.69) is 4.74 Å². The molecular formula is C18H20F2O5S. The smallest absolute Gasteiger partial charge is 0.421 e. The average molecular weight is 386 g/mol. The highest BCUT2D eigenvalue weighted by molar-refractivity contribution is 7.87. The Bertz CT molecular complexity index is 796. The van der Waals surface area contributed by atoms with Gasteiger partial charge >= 0.3 is 21.3 Å². The first-order chi connectivity index (χ1) is 12.1. The van der Waals surface area contributed by atoms with Crippen molar-refractivity contribution in [1.82, 2.24) is 0 Å². The molecule has 4 fully saturated rings. The molecular weight excluding hydrogens is 366 g/mol. The van der Waals surface area contributed by atoms with Crippen LogP contribution in [-0.2, 0) is 20.3 Å². The van der Waals surface area contributed by atoms with Crippen molar-refractivity contribution in [3.63, 3.8) is 0 Å². The first-order valence-corrected chi connectivity index (χ1v) is 10.2.